The van der Waals surface area contributed by atoms with Crippen molar-refractivity contribution in [3.8, 4) is 0 Å². The number of hydrogen-bond donors (Lipinski definition) is 2. The Labute approximate surface area is 155 Å². The van der Waals surface area contributed by atoms with Gasteiger partial charge in [-0.3, -0.25) is 9.59 Å². The Morgan fingerprint density at radius 2 is 1.73 bits per heavy atom. The minimum absolute atomic E-state index is 0.00818. The number of ether oxygens (including phenoxy) is 1. The first kappa shape index (κ1) is 18.7. The van der Waals surface area contributed by atoms with Gasteiger partial charge in [0.25, 0.3) is 5.91 Å². The predicted molar refractivity (Wildman–Crippen MR) is 102 cm³/mol. The molecule has 1 aliphatic carbocycles. The van der Waals surface area contributed by atoms with Gasteiger partial charge >= 0.3 is 0 Å². The summed E-state index contributed by atoms with van der Waals surface area (Å²) in [7, 11) is 0. The average Bonchev–Trinajstić information content (AvgIpc) is 3.15. The van der Waals surface area contributed by atoms with E-state index in [-0.39, 0.29) is 23.8 Å². The largest absolute Gasteiger partial charge is 0.371 e. The van der Waals surface area contributed by atoms with Crippen molar-refractivity contribution in [3.05, 3.63) is 24.3 Å². The van der Waals surface area contributed by atoms with Crippen LogP contribution in [0.3, 0.4) is 0 Å². The third-order valence-electron chi connectivity index (χ3n) is 5.47. The van der Waals surface area contributed by atoms with Gasteiger partial charge in [-0.1, -0.05) is 12.8 Å². The van der Waals surface area contributed by atoms with Crippen LogP contribution in [-0.4, -0.2) is 37.1 Å². The molecule has 6 nitrogen and oxygen atoms in total. The summed E-state index contributed by atoms with van der Waals surface area (Å²) in [6.07, 6.45) is 5.87. The van der Waals surface area contributed by atoms with E-state index in [1.165, 1.54) is 12.8 Å². The first-order chi connectivity index (χ1) is 12.5. The second kappa shape index (κ2) is 8.54. The number of carbonyl (C=O) groups excluding carboxylic acids is 2. The summed E-state index contributed by atoms with van der Waals surface area (Å²) < 4.78 is 5.84. The Hall–Kier alpha value is -2.08. The number of carbonyl (C=O) groups is 2. The molecule has 2 fully saturated rings. The van der Waals surface area contributed by atoms with E-state index in [0.29, 0.717) is 0 Å². The molecule has 1 heterocycles. The molecule has 0 unspecified atom stereocenters. The molecule has 1 saturated carbocycles. The van der Waals surface area contributed by atoms with Crippen molar-refractivity contribution in [2.24, 2.45) is 11.7 Å². The molecular formula is C20H29N3O3. The highest BCUT2D eigenvalue weighted by atomic mass is 16.5. The smallest absolute Gasteiger partial charge is 0.253 e. The van der Waals surface area contributed by atoms with E-state index < -0.39 is 6.10 Å². The van der Waals surface area contributed by atoms with E-state index in [1.807, 2.05) is 31.2 Å². The van der Waals surface area contributed by atoms with Crippen molar-refractivity contribution in [3.63, 3.8) is 0 Å². The van der Waals surface area contributed by atoms with Gasteiger partial charge in [-0.15, -0.1) is 0 Å². The van der Waals surface area contributed by atoms with Gasteiger partial charge in [-0.2, -0.15) is 0 Å². The van der Waals surface area contributed by atoms with Crippen LogP contribution in [0.1, 0.15) is 45.4 Å². The van der Waals surface area contributed by atoms with Crippen molar-refractivity contribution >= 4 is 23.2 Å². The zero-order chi connectivity index (χ0) is 18.5. The first-order valence-electron chi connectivity index (χ1n) is 9.63. The summed E-state index contributed by atoms with van der Waals surface area (Å²) >= 11 is 0. The maximum atomic E-state index is 12.3. The zero-order valence-electron chi connectivity index (χ0n) is 15.4. The number of rotatable bonds is 6. The molecule has 1 atom stereocenters. The maximum Gasteiger partial charge on any atom is 0.253 e. The van der Waals surface area contributed by atoms with Crippen LogP contribution in [0.25, 0.3) is 0 Å². The summed E-state index contributed by atoms with van der Waals surface area (Å²) in [5, 5.41) is 2.92. The molecule has 1 aromatic rings. The summed E-state index contributed by atoms with van der Waals surface area (Å²) in [5.41, 5.74) is 7.25. The van der Waals surface area contributed by atoms with Crippen LogP contribution in [0.2, 0.25) is 0 Å². The fourth-order valence-corrected chi connectivity index (χ4v) is 3.80. The number of nitrogens with two attached hydrogens (primary N) is 1. The number of primary amides is 1. The molecule has 0 spiro atoms. The van der Waals surface area contributed by atoms with E-state index in [1.54, 1.807) is 0 Å². The van der Waals surface area contributed by atoms with Crippen molar-refractivity contribution < 1.29 is 14.3 Å². The molecule has 26 heavy (non-hydrogen) atoms. The lowest BCUT2D eigenvalue weighted by atomic mass is 9.96. The van der Waals surface area contributed by atoms with Crippen LogP contribution < -0.4 is 16.0 Å². The minimum atomic E-state index is -0.439. The lowest BCUT2D eigenvalue weighted by molar-refractivity contribution is -0.129. The van der Waals surface area contributed by atoms with E-state index in [4.69, 9.17) is 10.5 Å². The minimum Gasteiger partial charge on any atom is -0.371 e. The number of anilines is 2. The Morgan fingerprint density at radius 1 is 1.12 bits per heavy atom. The average molecular weight is 359 g/mol. The lowest BCUT2D eigenvalue weighted by Gasteiger charge is -2.32. The fraction of sp³-hybridized carbons (Fsp3) is 0.600. The summed E-state index contributed by atoms with van der Waals surface area (Å²) in [4.78, 5) is 25.8. The SMILES string of the molecule is C[C@H](OC1CCCC1)C(=O)Nc1ccc(N2CCC(C(N)=O)CC2)cc1. The number of nitrogens with one attached hydrogen (secondary N) is 1. The summed E-state index contributed by atoms with van der Waals surface area (Å²) in [5.74, 6) is -0.310. The molecule has 1 aromatic carbocycles. The van der Waals surface area contributed by atoms with Crippen molar-refractivity contribution in [2.45, 2.75) is 57.7 Å². The summed E-state index contributed by atoms with van der Waals surface area (Å²) in [6, 6.07) is 7.83. The van der Waals surface area contributed by atoms with Crippen molar-refractivity contribution in [1.82, 2.24) is 0 Å². The Kier molecular flexibility index (Phi) is 6.14. The quantitative estimate of drug-likeness (QED) is 0.818. The molecule has 1 aliphatic heterocycles. The van der Waals surface area contributed by atoms with Crippen molar-refractivity contribution in [1.29, 1.82) is 0 Å². The van der Waals surface area contributed by atoms with Gasteiger partial charge in [0.2, 0.25) is 5.91 Å². The third kappa shape index (κ3) is 4.75. The van der Waals surface area contributed by atoms with Crippen LogP contribution in [-0.2, 0) is 14.3 Å². The molecule has 1 saturated heterocycles. The first-order valence-corrected chi connectivity index (χ1v) is 9.63. The van der Waals surface area contributed by atoms with Crippen LogP contribution in [0, 0.1) is 5.92 Å². The molecule has 6 heteroatoms. The standard InChI is InChI=1S/C20H29N3O3/c1-14(26-18-4-2-3-5-18)20(25)22-16-6-8-17(9-7-16)23-12-10-15(11-13-23)19(21)24/h6-9,14-15,18H,2-5,10-13H2,1H3,(H2,21,24)(H,22,25)/t14-/m0/s1. The van der Waals surface area contributed by atoms with E-state index in [2.05, 4.69) is 10.2 Å². The number of hydrogen-bond acceptors (Lipinski definition) is 4. The molecule has 142 valence electrons. The van der Waals surface area contributed by atoms with Crippen LogP contribution >= 0.6 is 0 Å². The highest BCUT2D eigenvalue weighted by Crippen LogP contribution is 2.25. The van der Waals surface area contributed by atoms with Gasteiger partial charge in [0, 0.05) is 30.4 Å². The number of nitrogens with zero attached hydrogens (tertiary/aromatic N) is 1. The number of amides is 2. The van der Waals surface area contributed by atoms with E-state index >= 15 is 0 Å². The van der Waals surface area contributed by atoms with E-state index in [9.17, 15) is 9.59 Å². The van der Waals surface area contributed by atoms with Crippen LogP contribution in [0.15, 0.2) is 24.3 Å². The Balaban J connectivity index is 1.49. The molecule has 0 aromatic heterocycles. The van der Waals surface area contributed by atoms with Gasteiger partial charge in [-0.05, 0) is 56.9 Å². The molecule has 3 N–H and O–H groups in total. The maximum absolute atomic E-state index is 12.3. The number of benzene rings is 1. The monoisotopic (exact) mass is 359 g/mol. The van der Waals surface area contributed by atoms with Crippen LogP contribution in [0.5, 0.6) is 0 Å². The normalized spacial score (nSPS) is 20.1. The highest BCUT2D eigenvalue weighted by Gasteiger charge is 2.24. The lowest BCUT2D eigenvalue weighted by Crippen LogP contribution is -2.38. The third-order valence-corrected chi connectivity index (χ3v) is 5.47. The molecule has 2 aliphatic rings. The van der Waals surface area contributed by atoms with Gasteiger partial charge in [0.15, 0.2) is 0 Å². The molecule has 3 rings (SSSR count). The van der Waals surface area contributed by atoms with Gasteiger partial charge in [-0.25, -0.2) is 0 Å². The van der Waals surface area contributed by atoms with E-state index in [0.717, 1.165) is 50.1 Å². The topological polar surface area (TPSA) is 84.7 Å². The fourth-order valence-electron chi connectivity index (χ4n) is 3.80. The summed E-state index contributed by atoms with van der Waals surface area (Å²) in [6.45, 7) is 3.46. The van der Waals surface area contributed by atoms with Gasteiger partial charge in [0.1, 0.15) is 6.10 Å². The van der Waals surface area contributed by atoms with Gasteiger partial charge in [0.05, 0.1) is 6.10 Å². The second-order valence-electron chi connectivity index (χ2n) is 7.38. The molecule has 2 amide bonds. The molecular weight excluding hydrogens is 330 g/mol. The number of piperidine rings is 1. The highest BCUT2D eigenvalue weighted by molar-refractivity contribution is 5.94. The second-order valence-corrected chi connectivity index (χ2v) is 7.38. The van der Waals surface area contributed by atoms with Gasteiger partial charge < -0.3 is 20.7 Å². The Bertz CT molecular complexity index is 618. The van der Waals surface area contributed by atoms with Crippen molar-refractivity contribution in [2.75, 3.05) is 23.3 Å². The zero-order valence-corrected chi connectivity index (χ0v) is 15.4. The van der Waals surface area contributed by atoms with Crippen LogP contribution in [0.4, 0.5) is 11.4 Å². The predicted octanol–water partition coefficient (Wildman–Crippen LogP) is 2.67. The molecule has 0 radical (unpaired) electrons. The molecule has 0 bridgehead atoms. The Morgan fingerprint density at radius 3 is 2.31 bits per heavy atom.